The Morgan fingerprint density at radius 2 is 1.83 bits per heavy atom. The topological polar surface area (TPSA) is 99.0 Å². The van der Waals surface area contributed by atoms with Gasteiger partial charge >= 0.3 is 5.97 Å². The lowest BCUT2D eigenvalue weighted by Gasteiger charge is -2.28. The molecule has 1 aliphatic rings. The number of hydrogen-bond acceptors (Lipinski definition) is 7. The van der Waals surface area contributed by atoms with Gasteiger partial charge in [-0.3, -0.25) is 14.9 Å². The molecule has 0 spiro atoms. The standard InChI is InChI=1S/C21H22N2O6/c1-28-17-7-5-6-15(12-17)20(24)14-29-21(25)16-8-9-18(19(13-16)23(26)27)22-10-3-2-4-11-22/h5-9,12-13H,2-4,10-11,14H2,1H3. The van der Waals surface area contributed by atoms with Crippen molar-refractivity contribution in [3.63, 3.8) is 0 Å². The number of nitro groups is 1. The second kappa shape index (κ2) is 9.18. The van der Waals surface area contributed by atoms with Gasteiger partial charge in [-0.2, -0.15) is 0 Å². The Bertz CT molecular complexity index is 921. The molecule has 1 aliphatic heterocycles. The van der Waals surface area contributed by atoms with E-state index in [2.05, 4.69) is 0 Å². The van der Waals surface area contributed by atoms with Crippen molar-refractivity contribution in [2.45, 2.75) is 19.3 Å². The van der Waals surface area contributed by atoms with Crippen LogP contribution in [-0.4, -0.2) is 43.5 Å². The molecule has 3 rings (SSSR count). The molecule has 0 atom stereocenters. The van der Waals surface area contributed by atoms with Crippen LogP contribution in [0.3, 0.4) is 0 Å². The van der Waals surface area contributed by atoms with E-state index < -0.39 is 23.3 Å². The number of methoxy groups -OCH3 is 1. The van der Waals surface area contributed by atoms with Crippen LogP contribution in [0.4, 0.5) is 11.4 Å². The number of rotatable bonds is 7. The largest absolute Gasteiger partial charge is 0.497 e. The first-order chi connectivity index (χ1) is 14.0. The fourth-order valence-corrected chi connectivity index (χ4v) is 3.29. The molecule has 8 heteroatoms. The maximum absolute atomic E-state index is 12.3. The van der Waals surface area contributed by atoms with Crippen molar-refractivity contribution >= 4 is 23.1 Å². The quantitative estimate of drug-likeness (QED) is 0.304. The predicted octanol–water partition coefficient (Wildman–Crippen LogP) is 3.63. The first-order valence-electron chi connectivity index (χ1n) is 9.37. The van der Waals surface area contributed by atoms with Crippen molar-refractivity contribution in [3.8, 4) is 5.75 Å². The number of piperidine rings is 1. The average molecular weight is 398 g/mol. The molecule has 1 heterocycles. The summed E-state index contributed by atoms with van der Waals surface area (Å²) in [6.45, 7) is 1.03. The van der Waals surface area contributed by atoms with E-state index in [0.29, 0.717) is 17.0 Å². The maximum Gasteiger partial charge on any atom is 0.338 e. The number of benzene rings is 2. The minimum Gasteiger partial charge on any atom is -0.497 e. The minimum atomic E-state index is -0.783. The molecular weight excluding hydrogens is 376 g/mol. The number of esters is 1. The molecule has 2 aromatic carbocycles. The SMILES string of the molecule is COc1cccc(C(=O)COC(=O)c2ccc(N3CCCCC3)c([N+](=O)[O-])c2)c1. The number of Topliss-reactive ketones (excluding diaryl/α,β-unsaturated/α-hetero) is 1. The summed E-state index contributed by atoms with van der Waals surface area (Å²) in [5.74, 6) is -0.655. The van der Waals surface area contributed by atoms with E-state index in [4.69, 9.17) is 9.47 Å². The van der Waals surface area contributed by atoms with Crippen LogP contribution in [0.25, 0.3) is 0 Å². The molecule has 0 aromatic heterocycles. The zero-order valence-corrected chi connectivity index (χ0v) is 16.1. The van der Waals surface area contributed by atoms with Crippen LogP contribution >= 0.6 is 0 Å². The number of ether oxygens (including phenoxy) is 2. The van der Waals surface area contributed by atoms with Gasteiger partial charge in [-0.25, -0.2) is 4.79 Å². The molecule has 2 aromatic rings. The van der Waals surface area contributed by atoms with Crippen LogP contribution in [-0.2, 0) is 4.74 Å². The molecule has 0 N–H and O–H groups in total. The van der Waals surface area contributed by atoms with Gasteiger partial charge in [0.15, 0.2) is 12.4 Å². The number of carbonyl (C=O) groups excluding carboxylic acids is 2. The van der Waals surface area contributed by atoms with Gasteiger partial charge in [0.1, 0.15) is 11.4 Å². The van der Waals surface area contributed by atoms with Crippen LogP contribution in [0, 0.1) is 10.1 Å². The van der Waals surface area contributed by atoms with Gasteiger partial charge in [0.2, 0.25) is 0 Å². The molecule has 0 saturated carbocycles. The number of carbonyl (C=O) groups is 2. The molecule has 0 unspecified atom stereocenters. The molecule has 29 heavy (non-hydrogen) atoms. The molecule has 0 aliphatic carbocycles. The lowest BCUT2D eigenvalue weighted by molar-refractivity contribution is -0.384. The lowest BCUT2D eigenvalue weighted by atomic mass is 10.1. The molecular formula is C21H22N2O6. The van der Waals surface area contributed by atoms with Crippen molar-refractivity contribution in [3.05, 3.63) is 63.7 Å². The predicted molar refractivity (Wildman–Crippen MR) is 107 cm³/mol. The molecule has 0 radical (unpaired) electrons. The lowest BCUT2D eigenvalue weighted by Crippen LogP contribution is -2.30. The van der Waals surface area contributed by atoms with E-state index in [0.717, 1.165) is 32.4 Å². The minimum absolute atomic E-state index is 0.0379. The highest BCUT2D eigenvalue weighted by Crippen LogP contribution is 2.31. The molecule has 1 saturated heterocycles. The number of nitro benzene ring substituents is 1. The number of hydrogen-bond donors (Lipinski definition) is 0. The third kappa shape index (κ3) is 4.90. The molecule has 0 bridgehead atoms. The first kappa shape index (κ1) is 20.3. The summed E-state index contributed by atoms with van der Waals surface area (Å²) in [6.07, 6.45) is 3.07. The second-order valence-electron chi connectivity index (χ2n) is 6.74. The number of anilines is 1. The Balaban J connectivity index is 1.70. The van der Waals surface area contributed by atoms with Gasteiger partial charge < -0.3 is 14.4 Å². The van der Waals surface area contributed by atoms with Crippen molar-refractivity contribution in [2.24, 2.45) is 0 Å². The monoisotopic (exact) mass is 398 g/mol. The first-order valence-corrected chi connectivity index (χ1v) is 9.37. The highest BCUT2D eigenvalue weighted by molar-refractivity contribution is 5.99. The van der Waals surface area contributed by atoms with Gasteiger partial charge in [0.25, 0.3) is 5.69 Å². The van der Waals surface area contributed by atoms with Gasteiger partial charge in [-0.1, -0.05) is 12.1 Å². The molecule has 152 valence electrons. The van der Waals surface area contributed by atoms with E-state index in [9.17, 15) is 19.7 Å². The normalized spacial score (nSPS) is 13.6. The highest BCUT2D eigenvalue weighted by atomic mass is 16.6. The van der Waals surface area contributed by atoms with Gasteiger partial charge in [0.05, 0.1) is 17.6 Å². The maximum atomic E-state index is 12.3. The van der Waals surface area contributed by atoms with E-state index in [1.807, 2.05) is 4.90 Å². The Kier molecular flexibility index (Phi) is 6.43. The molecule has 8 nitrogen and oxygen atoms in total. The van der Waals surface area contributed by atoms with Crippen molar-refractivity contribution < 1.29 is 24.0 Å². The summed E-state index contributed by atoms with van der Waals surface area (Å²) in [6, 6.07) is 10.8. The van der Waals surface area contributed by atoms with Crippen LogP contribution in [0.2, 0.25) is 0 Å². The van der Waals surface area contributed by atoms with E-state index in [1.54, 1.807) is 30.3 Å². The zero-order valence-electron chi connectivity index (χ0n) is 16.1. The summed E-state index contributed by atoms with van der Waals surface area (Å²) in [7, 11) is 1.49. The van der Waals surface area contributed by atoms with Crippen LogP contribution in [0.1, 0.15) is 40.0 Å². The van der Waals surface area contributed by atoms with Gasteiger partial charge in [0, 0.05) is 24.7 Å². The summed E-state index contributed by atoms with van der Waals surface area (Å²) in [4.78, 5) is 37.5. The number of nitrogens with zero attached hydrogens (tertiary/aromatic N) is 2. The summed E-state index contributed by atoms with van der Waals surface area (Å²) >= 11 is 0. The Hall–Kier alpha value is -3.42. The Morgan fingerprint density at radius 1 is 1.07 bits per heavy atom. The molecule has 0 amide bonds. The van der Waals surface area contributed by atoms with Gasteiger partial charge in [-0.15, -0.1) is 0 Å². The third-order valence-electron chi connectivity index (χ3n) is 4.83. The summed E-state index contributed by atoms with van der Waals surface area (Å²) in [5, 5.41) is 11.5. The Morgan fingerprint density at radius 3 is 2.52 bits per heavy atom. The van der Waals surface area contributed by atoms with Crippen molar-refractivity contribution in [1.82, 2.24) is 0 Å². The van der Waals surface area contributed by atoms with Crippen molar-refractivity contribution in [1.29, 1.82) is 0 Å². The van der Waals surface area contributed by atoms with Crippen LogP contribution < -0.4 is 9.64 Å². The summed E-state index contributed by atoms with van der Waals surface area (Å²) < 4.78 is 10.1. The summed E-state index contributed by atoms with van der Waals surface area (Å²) in [5.41, 5.74) is 0.749. The zero-order chi connectivity index (χ0) is 20.8. The second-order valence-corrected chi connectivity index (χ2v) is 6.74. The Labute approximate surface area is 168 Å². The average Bonchev–Trinajstić information content (AvgIpc) is 2.77. The third-order valence-corrected chi connectivity index (χ3v) is 4.83. The molecule has 1 fully saturated rings. The highest BCUT2D eigenvalue weighted by Gasteiger charge is 2.24. The van der Waals surface area contributed by atoms with E-state index >= 15 is 0 Å². The number of ketones is 1. The van der Waals surface area contributed by atoms with Crippen LogP contribution in [0.15, 0.2) is 42.5 Å². The van der Waals surface area contributed by atoms with Crippen LogP contribution in [0.5, 0.6) is 5.75 Å². The smallest absolute Gasteiger partial charge is 0.338 e. The van der Waals surface area contributed by atoms with Gasteiger partial charge in [-0.05, 0) is 43.5 Å². The van der Waals surface area contributed by atoms with E-state index in [1.165, 1.54) is 19.2 Å². The fourth-order valence-electron chi connectivity index (χ4n) is 3.29. The fraction of sp³-hybridized carbons (Fsp3) is 0.333. The van der Waals surface area contributed by atoms with E-state index in [-0.39, 0.29) is 11.3 Å². The van der Waals surface area contributed by atoms with Crippen molar-refractivity contribution in [2.75, 3.05) is 31.7 Å².